The number of nitrogens with two attached hydrogens (primary N) is 1. The summed E-state index contributed by atoms with van der Waals surface area (Å²) in [5.74, 6) is -0.542. The Bertz CT molecular complexity index is 818. The highest BCUT2D eigenvalue weighted by Crippen LogP contribution is 2.37. The standard InChI is InChI=1S/C15H11ClN4O.ClH/c16-14-12(10-3-1-2-9(6-10)7-17)13(15(18)21)11-8-19-4-5-20(11)14;/h1-6,19H,8H2,(H2,18,21);1H. The van der Waals surface area contributed by atoms with E-state index in [1.54, 1.807) is 41.2 Å². The fraction of sp³-hybridized carbons (Fsp3) is 0.0667. The van der Waals surface area contributed by atoms with E-state index in [1.165, 1.54) is 0 Å². The maximum Gasteiger partial charge on any atom is 0.251 e. The zero-order valence-corrected chi connectivity index (χ0v) is 12.9. The van der Waals surface area contributed by atoms with Crippen molar-refractivity contribution in [2.24, 2.45) is 5.73 Å². The number of nitrogens with zero attached hydrogens (tertiary/aromatic N) is 2. The molecule has 0 saturated carbocycles. The van der Waals surface area contributed by atoms with Crippen LogP contribution in [-0.4, -0.2) is 10.5 Å². The molecule has 112 valence electrons. The van der Waals surface area contributed by atoms with Crippen molar-refractivity contribution in [3.05, 3.63) is 52.4 Å². The van der Waals surface area contributed by atoms with Gasteiger partial charge in [-0.3, -0.25) is 4.79 Å². The summed E-state index contributed by atoms with van der Waals surface area (Å²) in [6.45, 7) is 0.465. The van der Waals surface area contributed by atoms with Gasteiger partial charge in [0.2, 0.25) is 0 Å². The van der Waals surface area contributed by atoms with Crippen LogP contribution in [0.25, 0.3) is 17.3 Å². The summed E-state index contributed by atoms with van der Waals surface area (Å²) < 4.78 is 1.73. The fourth-order valence-corrected chi connectivity index (χ4v) is 2.85. The molecule has 3 rings (SSSR count). The van der Waals surface area contributed by atoms with Crippen molar-refractivity contribution >= 4 is 36.1 Å². The van der Waals surface area contributed by atoms with Crippen LogP contribution in [0.2, 0.25) is 5.15 Å². The number of nitriles is 1. The molecule has 1 amide bonds. The zero-order valence-electron chi connectivity index (χ0n) is 11.3. The van der Waals surface area contributed by atoms with E-state index in [-0.39, 0.29) is 12.4 Å². The number of rotatable bonds is 2. The van der Waals surface area contributed by atoms with Crippen molar-refractivity contribution in [1.29, 1.82) is 5.26 Å². The molecular formula is C15H12Cl2N4O. The van der Waals surface area contributed by atoms with Gasteiger partial charge in [-0.15, -0.1) is 12.4 Å². The minimum absolute atomic E-state index is 0. The number of hydrogen-bond acceptors (Lipinski definition) is 3. The Morgan fingerprint density at radius 2 is 2.23 bits per heavy atom. The number of carbonyl (C=O) groups excluding carboxylic acids is 1. The quantitative estimate of drug-likeness (QED) is 0.885. The largest absolute Gasteiger partial charge is 0.384 e. The minimum atomic E-state index is -0.542. The highest BCUT2D eigenvalue weighted by Gasteiger charge is 2.26. The summed E-state index contributed by atoms with van der Waals surface area (Å²) in [5, 5.41) is 12.5. The number of primary amides is 1. The second-order valence-corrected chi connectivity index (χ2v) is 4.97. The predicted octanol–water partition coefficient (Wildman–Crippen LogP) is 2.73. The Morgan fingerprint density at radius 1 is 1.45 bits per heavy atom. The smallest absolute Gasteiger partial charge is 0.251 e. The molecule has 0 aliphatic carbocycles. The van der Waals surface area contributed by atoms with Crippen LogP contribution >= 0.6 is 24.0 Å². The van der Waals surface area contributed by atoms with Gasteiger partial charge in [0, 0.05) is 18.0 Å². The van der Waals surface area contributed by atoms with Crippen molar-refractivity contribution in [2.75, 3.05) is 0 Å². The second-order valence-electron chi connectivity index (χ2n) is 4.61. The van der Waals surface area contributed by atoms with Crippen LogP contribution in [0.5, 0.6) is 0 Å². The molecule has 1 aromatic carbocycles. The average molecular weight is 335 g/mol. The Balaban J connectivity index is 0.00000176. The molecule has 5 nitrogen and oxygen atoms in total. The van der Waals surface area contributed by atoms with Gasteiger partial charge in [0.1, 0.15) is 5.15 Å². The number of amides is 1. The van der Waals surface area contributed by atoms with E-state index in [9.17, 15) is 4.79 Å². The average Bonchev–Trinajstić information content (AvgIpc) is 2.81. The summed E-state index contributed by atoms with van der Waals surface area (Å²) in [7, 11) is 0. The molecule has 0 atom stereocenters. The van der Waals surface area contributed by atoms with Gasteiger partial charge in [-0.2, -0.15) is 5.26 Å². The van der Waals surface area contributed by atoms with Crippen LogP contribution in [0.15, 0.2) is 30.5 Å². The molecule has 0 fully saturated rings. The molecule has 0 unspecified atom stereocenters. The molecule has 1 aromatic heterocycles. The molecule has 1 aliphatic heterocycles. The highest BCUT2D eigenvalue weighted by atomic mass is 35.5. The summed E-state index contributed by atoms with van der Waals surface area (Å²) >= 11 is 6.41. The number of aromatic nitrogens is 1. The lowest BCUT2D eigenvalue weighted by atomic mass is 10.0. The number of halogens is 2. The summed E-state index contributed by atoms with van der Waals surface area (Å²) in [6.07, 6.45) is 3.49. The van der Waals surface area contributed by atoms with Crippen LogP contribution < -0.4 is 11.1 Å². The predicted molar refractivity (Wildman–Crippen MR) is 87.5 cm³/mol. The Labute approximate surface area is 138 Å². The lowest BCUT2D eigenvalue weighted by Gasteiger charge is -2.11. The van der Waals surface area contributed by atoms with Gasteiger partial charge < -0.3 is 15.6 Å². The number of carbonyl (C=O) groups is 1. The second kappa shape index (κ2) is 6.14. The molecule has 1 aliphatic rings. The maximum absolute atomic E-state index is 11.9. The van der Waals surface area contributed by atoms with Crippen LogP contribution in [0.3, 0.4) is 0 Å². The van der Waals surface area contributed by atoms with E-state index < -0.39 is 5.91 Å². The summed E-state index contributed by atoms with van der Waals surface area (Å²) in [5.41, 5.74) is 8.38. The lowest BCUT2D eigenvalue weighted by Crippen LogP contribution is -2.20. The molecule has 0 spiro atoms. The number of nitrogens with one attached hydrogen (secondary N) is 1. The van der Waals surface area contributed by atoms with Crippen molar-refractivity contribution in [3.8, 4) is 17.2 Å². The Morgan fingerprint density at radius 3 is 2.91 bits per heavy atom. The molecule has 0 saturated heterocycles. The first-order valence-corrected chi connectivity index (χ1v) is 6.64. The van der Waals surface area contributed by atoms with E-state index in [4.69, 9.17) is 22.6 Å². The van der Waals surface area contributed by atoms with Crippen molar-refractivity contribution in [1.82, 2.24) is 9.88 Å². The topological polar surface area (TPSA) is 83.8 Å². The first-order chi connectivity index (χ1) is 10.1. The molecule has 22 heavy (non-hydrogen) atoms. The summed E-state index contributed by atoms with van der Waals surface area (Å²) in [4.78, 5) is 11.9. The normalized spacial score (nSPS) is 11.8. The van der Waals surface area contributed by atoms with Gasteiger partial charge in [0.25, 0.3) is 5.91 Å². The van der Waals surface area contributed by atoms with E-state index in [2.05, 4.69) is 11.4 Å². The molecule has 7 heteroatoms. The Kier molecular flexibility index (Phi) is 4.45. The summed E-state index contributed by atoms with van der Waals surface area (Å²) in [6, 6.07) is 9.01. The first-order valence-electron chi connectivity index (χ1n) is 6.26. The van der Waals surface area contributed by atoms with Gasteiger partial charge in [0.15, 0.2) is 0 Å². The molecule has 0 bridgehead atoms. The minimum Gasteiger partial charge on any atom is -0.384 e. The first kappa shape index (κ1) is 16.0. The number of benzene rings is 1. The third-order valence-electron chi connectivity index (χ3n) is 3.38. The maximum atomic E-state index is 11.9. The third-order valence-corrected chi connectivity index (χ3v) is 3.76. The van der Waals surface area contributed by atoms with Gasteiger partial charge >= 0.3 is 0 Å². The SMILES string of the molecule is Cl.N#Cc1cccc(-c2c(C(N)=O)c3n(c2Cl)C=CNC3)c1. The zero-order chi connectivity index (χ0) is 15.0. The van der Waals surface area contributed by atoms with E-state index >= 15 is 0 Å². The van der Waals surface area contributed by atoms with Crippen LogP contribution in [0, 0.1) is 11.3 Å². The molecule has 2 aromatic rings. The van der Waals surface area contributed by atoms with E-state index in [1.807, 2.05) is 0 Å². The van der Waals surface area contributed by atoms with Gasteiger partial charge in [-0.05, 0) is 17.7 Å². The molecular weight excluding hydrogens is 323 g/mol. The fourth-order valence-electron chi connectivity index (χ4n) is 2.49. The lowest BCUT2D eigenvalue weighted by molar-refractivity contribution is 0.1000. The monoisotopic (exact) mass is 334 g/mol. The van der Waals surface area contributed by atoms with Crippen molar-refractivity contribution < 1.29 is 4.79 Å². The molecule has 3 N–H and O–H groups in total. The van der Waals surface area contributed by atoms with Crippen molar-refractivity contribution in [2.45, 2.75) is 6.54 Å². The van der Waals surface area contributed by atoms with Crippen LogP contribution in [0.4, 0.5) is 0 Å². The van der Waals surface area contributed by atoms with Gasteiger partial charge in [-0.25, -0.2) is 0 Å². The Hall–Kier alpha value is -2.42. The van der Waals surface area contributed by atoms with Crippen LogP contribution in [0.1, 0.15) is 21.6 Å². The number of fused-ring (bicyclic) bond motifs is 1. The number of hydrogen-bond donors (Lipinski definition) is 2. The van der Waals surface area contributed by atoms with Crippen LogP contribution in [-0.2, 0) is 6.54 Å². The third kappa shape index (κ3) is 2.43. The van der Waals surface area contributed by atoms with E-state index in [0.29, 0.717) is 39.6 Å². The van der Waals surface area contributed by atoms with Gasteiger partial charge in [-0.1, -0.05) is 23.7 Å². The van der Waals surface area contributed by atoms with Gasteiger partial charge in [0.05, 0.1) is 29.4 Å². The van der Waals surface area contributed by atoms with E-state index in [0.717, 1.165) is 0 Å². The highest BCUT2D eigenvalue weighted by molar-refractivity contribution is 6.34. The molecule has 2 heterocycles. The van der Waals surface area contributed by atoms with Crippen molar-refractivity contribution in [3.63, 3.8) is 0 Å². The molecule has 0 radical (unpaired) electrons.